The molecule has 0 radical (unpaired) electrons. The number of sulfone groups is 1. The van der Waals surface area contributed by atoms with Crippen LogP contribution in [0.3, 0.4) is 0 Å². The van der Waals surface area contributed by atoms with Crippen molar-refractivity contribution < 1.29 is 21.6 Å². The van der Waals surface area contributed by atoms with Crippen LogP contribution < -0.4 is 0 Å². The summed E-state index contributed by atoms with van der Waals surface area (Å²) in [7, 11) is -7.28. The lowest BCUT2D eigenvalue weighted by atomic mass is 10.3. The van der Waals surface area contributed by atoms with Crippen LogP contribution in [0, 0.1) is 0 Å². The Bertz CT molecular complexity index is 766. The summed E-state index contributed by atoms with van der Waals surface area (Å²) in [6.07, 6.45) is 0.634. The molecule has 9 heteroatoms. The summed E-state index contributed by atoms with van der Waals surface area (Å²) in [5.41, 5.74) is 0. The van der Waals surface area contributed by atoms with E-state index in [0.29, 0.717) is 4.47 Å². The molecule has 1 saturated heterocycles. The largest absolute Gasteiger partial charge is 0.373 e. The third kappa shape index (κ3) is 3.70. The summed E-state index contributed by atoms with van der Waals surface area (Å²) < 4.78 is 56.2. The van der Waals surface area contributed by atoms with Crippen molar-refractivity contribution in [1.29, 1.82) is 0 Å². The average molecular weight is 412 g/mol. The third-order valence-corrected chi connectivity index (χ3v) is 7.24. The first-order valence-electron chi connectivity index (χ1n) is 6.67. The summed E-state index contributed by atoms with van der Waals surface area (Å²) in [6.45, 7) is 4.11. The Kier molecular flexibility index (Phi) is 5.03. The SMILES string of the molecule is C[C@@H]1CN(S(=O)(=O)c2ccc(Br)c(S(C)(=O)=O)c2)C[C@H](C)O1. The number of hydrogen-bond acceptors (Lipinski definition) is 5. The van der Waals surface area contributed by atoms with Crippen LogP contribution in [0.15, 0.2) is 32.5 Å². The van der Waals surface area contributed by atoms with E-state index in [-0.39, 0.29) is 35.1 Å². The highest BCUT2D eigenvalue weighted by Crippen LogP contribution is 2.28. The molecule has 1 aliphatic heterocycles. The van der Waals surface area contributed by atoms with Gasteiger partial charge in [0.1, 0.15) is 0 Å². The van der Waals surface area contributed by atoms with Crippen molar-refractivity contribution in [2.24, 2.45) is 0 Å². The number of ether oxygens (including phenoxy) is 1. The van der Waals surface area contributed by atoms with E-state index in [4.69, 9.17) is 4.74 Å². The summed E-state index contributed by atoms with van der Waals surface area (Å²) >= 11 is 3.14. The Morgan fingerprint density at radius 3 is 2.18 bits per heavy atom. The number of sulfonamides is 1. The lowest BCUT2D eigenvalue weighted by molar-refractivity contribution is -0.0440. The van der Waals surface area contributed by atoms with E-state index in [1.807, 2.05) is 13.8 Å². The molecule has 22 heavy (non-hydrogen) atoms. The molecule has 0 spiro atoms. The Morgan fingerprint density at radius 1 is 1.14 bits per heavy atom. The Morgan fingerprint density at radius 2 is 1.68 bits per heavy atom. The second-order valence-electron chi connectivity index (χ2n) is 5.44. The van der Waals surface area contributed by atoms with Crippen LogP contribution in [0.2, 0.25) is 0 Å². The van der Waals surface area contributed by atoms with Gasteiger partial charge in [-0.3, -0.25) is 0 Å². The molecule has 1 fully saturated rings. The number of rotatable bonds is 3. The Hall–Kier alpha value is -0.480. The van der Waals surface area contributed by atoms with Gasteiger partial charge in [-0.2, -0.15) is 4.31 Å². The van der Waals surface area contributed by atoms with E-state index in [1.54, 1.807) is 0 Å². The maximum absolute atomic E-state index is 12.7. The second kappa shape index (κ2) is 6.20. The molecule has 2 rings (SSSR count). The van der Waals surface area contributed by atoms with Gasteiger partial charge in [-0.25, -0.2) is 16.8 Å². The molecule has 2 atom stereocenters. The summed E-state index contributed by atoms with van der Waals surface area (Å²) in [6, 6.07) is 4.04. The van der Waals surface area contributed by atoms with Crippen molar-refractivity contribution in [3.8, 4) is 0 Å². The summed E-state index contributed by atoms with van der Waals surface area (Å²) in [5, 5.41) is 0. The van der Waals surface area contributed by atoms with Crippen molar-refractivity contribution >= 4 is 35.8 Å². The van der Waals surface area contributed by atoms with Gasteiger partial charge in [0.2, 0.25) is 10.0 Å². The maximum Gasteiger partial charge on any atom is 0.243 e. The van der Waals surface area contributed by atoms with Crippen LogP contribution in [-0.2, 0) is 24.6 Å². The molecular formula is C13H18BrNO5S2. The van der Waals surface area contributed by atoms with Crippen molar-refractivity contribution in [3.05, 3.63) is 22.7 Å². The molecule has 1 aromatic carbocycles. The van der Waals surface area contributed by atoms with Crippen LogP contribution in [-0.4, -0.2) is 52.7 Å². The highest BCUT2D eigenvalue weighted by atomic mass is 79.9. The molecule has 0 bridgehead atoms. The van der Waals surface area contributed by atoms with Crippen LogP contribution in [0.25, 0.3) is 0 Å². The first-order chi connectivity index (χ1) is 10.0. The van der Waals surface area contributed by atoms with Gasteiger partial charge in [0.05, 0.1) is 22.0 Å². The van der Waals surface area contributed by atoms with E-state index < -0.39 is 19.9 Å². The normalized spacial score (nSPS) is 24.4. The molecule has 0 aliphatic carbocycles. The van der Waals surface area contributed by atoms with Gasteiger partial charge in [-0.1, -0.05) is 0 Å². The molecule has 6 nitrogen and oxygen atoms in total. The lowest BCUT2D eigenvalue weighted by Crippen LogP contribution is -2.48. The van der Waals surface area contributed by atoms with Gasteiger partial charge in [0.25, 0.3) is 0 Å². The van der Waals surface area contributed by atoms with Crippen LogP contribution >= 0.6 is 15.9 Å². The number of nitrogens with zero attached hydrogens (tertiary/aromatic N) is 1. The fraction of sp³-hybridized carbons (Fsp3) is 0.538. The zero-order valence-electron chi connectivity index (χ0n) is 12.5. The molecule has 0 unspecified atom stereocenters. The average Bonchev–Trinajstić information content (AvgIpc) is 2.36. The van der Waals surface area contributed by atoms with E-state index in [1.165, 1.54) is 22.5 Å². The van der Waals surface area contributed by atoms with Crippen molar-refractivity contribution in [3.63, 3.8) is 0 Å². The van der Waals surface area contributed by atoms with Crippen molar-refractivity contribution in [2.75, 3.05) is 19.3 Å². The molecule has 0 amide bonds. The fourth-order valence-corrected chi connectivity index (χ4v) is 5.99. The number of morpholine rings is 1. The van der Waals surface area contributed by atoms with E-state index in [9.17, 15) is 16.8 Å². The molecular weight excluding hydrogens is 394 g/mol. The van der Waals surface area contributed by atoms with Crippen LogP contribution in [0.5, 0.6) is 0 Å². The van der Waals surface area contributed by atoms with E-state index in [2.05, 4.69) is 15.9 Å². The van der Waals surface area contributed by atoms with Gasteiger partial charge in [-0.15, -0.1) is 0 Å². The third-order valence-electron chi connectivity index (χ3n) is 3.33. The van der Waals surface area contributed by atoms with Crippen LogP contribution in [0.1, 0.15) is 13.8 Å². The minimum atomic E-state index is -3.76. The first kappa shape index (κ1) is 17.9. The predicted molar refractivity (Wildman–Crippen MR) is 86.0 cm³/mol. The summed E-state index contributed by atoms with van der Waals surface area (Å²) in [5.74, 6) is 0. The van der Waals surface area contributed by atoms with Gasteiger partial charge in [0, 0.05) is 23.8 Å². The van der Waals surface area contributed by atoms with Crippen molar-refractivity contribution in [1.82, 2.24) is 4.31 Å². The Labute approximate surface area is 139 Å². The number of hydrogen-bond donors (Lipinski definition) is 0. The van der Waals surface area contributed by atoms with Crippen LogP contribution in [0.4, 0.5) is 0 Å². The predicted octanol–water partition coefficient (Wildman–Crippen LogP) is 1.65. The number of halogens is 1. The molecule has 124 valence electrons. The van der Waals surface area contributed by atoms with Gasteiger partial charge < -0.3 is 4.74 Å². The lowest BCUT2D eigenvalue weighted by Gasteiger charge is -2.34. The molecule has 1 heterocycles. The molecule has 0 N–H and O–H groups in total. The maximum atomic E-state index is 12.7. The summed E-state index contributed by atoms with van der Waals surface area (Å²) in [4.78, 5) is -0.0691. The minimum Gasteiger partial charge on any atom is -0.373 e. The van der Waals surface area contributed by atoms with E-state index >= 15 is 0 Å². The Balaban J connectivity index is 2.46. The molecule has 1 aliphatic rings. The topological polar surface area (TPSA) is 80.8 Å². The highest BCUT2D eigenvalue weighted by Gasteiger charge is 2.32. The highest BCUT2D eigenvalue weighted by molar-refractivity contribution is 9.10. The fourth-order valence-electron chi connectivity index (χ4n) is 2.40. The quantitative estimate of drug-likeness (QED) is 0.754. The van der Waals surface area contributed by atoms with Gasteiger partial charge >= 0.3 is 0 Å². The number of benzene rings is 1. The zero-order valence-corrected chi connectivity index (χ0v) is 15.7. The molecule has 0 saturated carbocycles. The minimum absolute atomic E-state index is 0.0302. The van der Waals surface area contributed by atoms with E-state index in [0.717, 1.165) is 6.26 Å². The smallest absolute Gasteiger partial charge is 0.243 e. The monoisotopic (exact) mass is 411 g/mol. The van der Waals surface area contributed by atoms with Gasteiger partial charge in [-0.05, 0) is 48.0 Å². The molecule has 1 aromatic rings. The van der Waals surface area contributed by atoms with Gasteiger partial charge in [0.15, 0.2) is 9.84 Å². The zero-order chi connectivity index (χ0) is 16.7. The first-order valence-corrected chi connectivity index (χ1v) is 10.8. The standard InChI is InChI=1S/C13H18BrNO5S2/c1-9-7-15(8-10(2)20-9)22(18,19)11-4-5-12(14)13(6-11)21(3,16)17/h4-6,9-10H,7-8H2,1-3H3/t9-,10+. The second-order valence-corrected chi connectivity index (χ2v) is 10.2. The molecule has 0 aromatic heterocycles. The van der Waals surface area contributed by atoms with Crippen molar-refractivity contribution in [2.45, 2.75) is 35.8 Å².